The molecule has 3 heterocycles. The highest BCUT2D eigenvalue weighted by atomic mass is 19.1. The molecule has 0 spiro atoms. The minimum absolute atomic E-state index is 0.0514. The largest absolute Gasteiger partial charge is 0.439 e. The van der Waals surface area contributed by atoms with Gasteiger partial charge in [0.25, 0.3) is 5.91 Å². The second kappa shape index (κ2) is 10.3. The number of aromatic nitrogens is 3. The highest BCUT2D eigenvalue weighted by Crippen LogP contribution is 2.44. The number of halogens is 2. The van der Waals surface area contributed by atoms with Crippen molar-refractivity contribution in [2.75, 3.05) is 11.1 Å². The topological polar surface area (TPSA) is 119 Å². The normalized spacial score (nSPS) is 10.8. The van der Waals surface area contributed by atoms with E-state index in [0.717, 1.165) is 11.8 Å². The molecule has 0 saturated carbocycles. The zero-order valence-corrected chi connectivity index (χ0v) is 21.5. The molecule has 5 aromatic rings. The van der Waals surface area contributed by atoms with Gasteiger partial charge in [0.1, 0.15) is 23.5 Å². The van der Waals surface area contributed by atoms with Crippen molar-refractivity contribution in [2.24, 2.45) is 7.05 Å². The predicted octanol–water partition coefficient (Wildman–Crippen LogP) is 6.42. The Morgan fingerprint density at radius 1 is 1.18 bits per heavy atom. The fourth-order valence-corrected chi connectivity index (χ4v) is 4.56. The summed E-state index contributed by atoms with van der Waals surface area (Å²) in [4.78, 5) is 20.2. The van der Waals surface area contributed by atoms with E-state index in [-0.39, 0.29) is 22.6 Å². The lowest BCUT2D eigenvalue weighted by molar-refractivity contribution is -0.114. The summed E-state index contributed by atoms with van der Waals surface area (Å²) in [5, 5.41) is 12.5. The molecule has 3 aromatic heterocycles. The lowest BCUT2D eigenvalue weighted by atomic mass is 9.97. The molecule has 10 heteroatoms. The Balaban J connectivity index is 1.67. The van der Waals surface area contributed by atoms with E-state index in [4.69, 9.17) is 10.5 Å². The Kier molecular flexibility index (Phi) is 6.71. The number of anilines is 2. The summed E-state index contributed by atoms with van der Waals surface area (Å²) in [5.74, 6) is -1.81. The fourth-order valence-electron chi connectivity index (χ4n) is 4.56. The molecule has 0 unspecified atom stereocenters. The van der Waals surface area contributed by atoms with Crippen LogP contribution in [0.2, 0.25) is 0 Å². The fraction of sp³-hybridized carbons (Fsp3) is 0.0667. The molecule has 0 bridgehead atoms. The maximum Gasteiger partial charge on any atom is 0.283 e. The molecule has 0 radical (unpaired) electrons. The maximum atomic E-state index is 15.6. The van der Waals surface area contributed by atoms with Crippen LogP contribution in [0.5, 0.6) is 11.6 Å². The van der Waals surface area contributed by atoms with Gasteiger partial charge in [0.2, 0.25) is 5.88 Å². The summed E-state index contributed by atoms with van der Waals surface area (Å²) >= 11 is 0. The Morgan fingerprint density at radius 3 is 2.58 bits per heavy atom. The van der Waals surface area contributed by atoms with Crippen LogP contribution in [0.15, 0.2) is 79.3 Å². The van der Waals surface area contributed by atoms with E-state index in [1.807, 2.05) is 19.1 Å². The molecule has 0 saturated heterocycles. The predicted molar refractivity (Wildman–Crippen MR) is 149 cm³/mol. The first-order valence-corrected chi connectivity index (χ1v) is 12.0. The number of fused-ring (bicyclic) bond motifs is 1. The quantitative estimate of drug-likeness (QED) is 0.242. The van der Waals surface area contributed by atoms with Crippen molar-refractivity contribution < 1.29 is 18.3 Å². The number of amides is 1. The molecule has 2 aromatic carbocycles. The second-order valence-corrected chi connectivity index (χ2v) is 8.97. The van der Waals surface area contributed by atoms with Gasteiger partial charge >= 0.3 is 0 Å². The van der Waals surface area contributed by atoms with Crippen LogP contribution >= 0.6 is 0 Å². The van der Waals surface area contributed by atoms with Crippen molar-refractivity contribution in [3.63, 3.8) is 0 Å². The van der Waals surface area contributed by atoms with Crippen LogP contribution in [0.4, 0.5) is 20.3 Å². The average Bonchev–Trinajstić information content (AvgIpc) is 3.23. The summed E-state index contributed by atoms with van der Waals surface area (Å²) in [5.41, 5.74) is 9.72. The van der Waals surface area contributed by atoms with Crippen molar-refractivity contribution in [3.8, 4) is 40.1 Å². The van der Waals surface area contributed by atoms with Crippen molar-refractivity contribution in [1.29, 1.82) is 5.26 Å². The van der Waals surface area contributed by atoms with E-state index in [9.17, 15) is 14.4 Å². The number of nitrogens with zero attached hydrogens (tertiary/aromatic N) is 4. The average molecular weight is 537 g/mol. The number of nitrogens with two attached hydrogens (primary N) is 1. The van der Waals surface area contributed by atoms with Gasteiger partial charge in [0.15, 0.2) is 5.83 Å². The summed E-state index contributed by atoms with van der Waals surface area (Å²) in [6.07, 6.45) is 1.37. The number of nitriles is 1. The van der Waals surface area contributed by atoms with Gasteiger partial charge in [0, 0.05) is 41.8 Å². The third-order valence-corrected chi connectivity index (χ3v) is 6.32. The molecular weight excluding hydrogens is 514 g/mol. The first-order chi connectivity index (χ1) is 19.2. The van der Waals surface area contributed by atoms with Gasteiger partial charge in [-0.05, 0) is 48.9 Å². The Bertz CT molecular complexity index is 1860. The van der Waals surface area contributed by atoms with Gasteiger partial charge < -0.3 is 20.4 Å². The third-order valence-electron chi connectivity index (χ3n) is 6.32. The maximum absolute atomic E-state index is 15.6. The van der Waals surface area contributed by atoms with E-state index < -0.39 is 17.6 Å². The number of carbonyl (C=O) groups excluding carboxylic acids is 1. The molecule has 0 atom stereocenters. The van der Waals surface area contributed by atoms with Crippen LogP contribution in [0, 0.1) is 24.1 Å². The lowest BCUT2D eigenvalue weighted by Gasteiger charge is -2.12. The third kappa shape index (κ3) is 4.72. The number of aryl methyl sites for hydroxylation is 2. The van der Waals surface area contributed by atoms with Crippen molar-refractivity contribution in [1.82, 2.24) is 14.5 Å². The van der Waals surface area contributed by atoms with Gasteiger partial charge in [-0.3, -0.25) is 4.79 Å². The van der Waals surface area contributed by atoms with E-state index in [2.05, 4.69) is 27.9 Å². The van der Waals surface area contributed by atoms with Gasteiger partial charge in [-0.25, -0.2) is 18.7 Å². The number of ether oxygens (including phenoxy) is 1. The highest BCUT2D eigenvalue weighted by molar-refractivity contribution is 6.11. The summed E-state index contributed by atoms with van der Waals surface area (Å²) in [6.45, 7) is 4.81. The number of nitrogens with one attached hydrogen (secondary N) is 1. The molecule has 5 rings (SSSR count). The number of pyridine rings is 2. The van der Waals surface area contributed by atoms with Crippen molar-refractivity contribution in [3.05, 3.63) is 96.3 Å². The molecular formula is C30H22F2N6O2. The number of nitrogen functional groups attached to an aromatic ring is 1. The van der Waals surface area contributed by atoms with Gasteiger partial charge in [-0.15, -0.1) is 0 Å². The molecule has 0 aliphatic carbocycles. The summed E-state index contributed by atoms with van der Waals surface area (Å²) < 4.78 is 36.3. The van der Waals surface area contributed by atoms with Crippen molar-refractivity contribution in [2.45, 2.75) is 6.92 Å². The van der Waals surface area contributed by atoms with Crippen LogP contribution in [0.25, 0.3) is 33.3 Å². The zero-order valence-electron chi connectivity index (χ0n) is 21.5. The SMILES string of the molecule is C=C(F)C(=O)Nc1ccc(-c2c(-c3ccc(Oc4cccc(C)n4)cc3)c3c(N)ncc(C#N)c3n2C)c(F)c1. The highest BCUT2D eigenvalue weighted by Gasteiger charge is 2.25. The van der Waals surface area contributed by atoms with E-state index >= 15 is 4.39 Å². The number of hydrogen-bond donors (Lipinski definition) is 2. The van der Waals surface area contributed by atoms with Crippen LogP contribution < -0.4 is 15.8 Å². The first-order valence-electron chi connectivity index (χ1n) is 12.0. The van der Waals surface area contributed by atoms with Crippen LogP contribution in [0.3, 0.4) is 0 Å². The van der Waals surface area contributed by atoms with Gasteiger partial charge in [-0.1, -0.05) is 24.8 Å². The molecule has 3 N–H and O–H groups in total. The Morgan fingerprint density at radius 2 is 1.93 bits per heavy atom. The molecule has 1 amide bonds. The summed E-state index contributed by atoms with van der Waals surface area (Å²) in [6, 6.07) is 18.6. The molecule has 40 heavy (non-hydrogen) atoms. The lowest BCUT2D eigenvalue weighted by Crippen LogP contribution is -2.11. The smallest absolute Gasteiger partial charge is 0.283 e. The van der Waals surface area contributed by atoms with Crippen LogP contribution in [-0.4, -0.2) is 20.4 Å². The van der Waals surface area contributed by atoms with Crippen LogP contribution in [-0.2, 0) is 11.8 Å². The second-order valence-electron chi connectivity index (χ2n) is 8.97. The van der Waals surface area contributed by atoms with Crippen LogP contribution in [0.1, 0.15) is 11.3 Å². The number of benzene rings is 2. The Hall–Kier alpha value is -5.56. The zero-order chi connectivity index (χ0) is 28.6. The molecule has 8 nitrogen and oxygen atoms in total. The standard InChI is InChI=1S/C30H22F2N6O2/c1-16-5-4-6-24(36-16)40-21-10-7-18(8-11-21)25-26-27(19(14-33)15-35-29(26)34)38(3)28(25)22-12-9-20(13-23(22)32)37-30(39)17(2)31/h4-13,15H,2H2,1,3H3,(H2,34,35)(H,37,39). The number of rotatable bonds is 6. The first kappa shape index (κ1) is 26.1. The minimum Gasteiger partial charge on any atom is -0.439 e. The van der Waals surface area contributed by atoms with E-state index in [1.54, 1.807) is 41.9 Å². The van der Waals surface area contributed by atoms with E-state index in [0.29, 0.717) is 39.4 Å². The molecule has 0 fully saturated rings. The molecule has 0 aliphatic rings. The van der Waals surface area contributed by atoms with Gasteiger partial charge in [-0.2, -0.15) is 5.26 Å². The van der Waals surface area contributed by atoms with Gasteiger partial charge in [0.05, 0.1) is 22.2 Å². The summed E-state index contributed by atoms with van der Waals surface area (Å²) in [7, 11) is 1.70. The monoisotopic (exact) mass is 536 g/mol. The van der Waals surface area contributed by atoms with E-state index in [1.165, 1.54) is 18.3 Å². The minimum atomic E-state index is -1.20. The van der Waals surface area contributed by atoms with Crippen molar-refractivity contribution >= 4 is 28.3 Å². The Labute approximate surface area is 228 Å². The molecule has 198 valence electrons. The molecule has 0 aliphatic heterocycles. The number of carbonyl (C=O) groups is 1. The number of hydrogen-bond acceptors (Lipinski definition) is 6.